The molecular weight excluding hydrogens is 289 g/mol. The predicted octanol–water partition coefficient (Wildman–Crippen LogP) is 2.71. The van der Waals surface area contributed by atoms with E-state index in [4.69, 9.17) is 0 Å². The molecule has 0 aromatic rings. The minimum atomic E-state index is -4.36. The van der Waals surface area contributed by atoms with E-state index in [0.29, 0.717) is 6.54 Å². The Morgan fingerprint density at radius 3 is 2.40 bits per heavy atom. The van der Waals surface area contributed by atoms with Crippen LogP contribution in [-0.4, -0.2) is 42.2 Å². The maximum absolute atomic E-state index is 12.0. The van der Waals surface area contributed by atoms with Crippen LogP contribution in [0.4, 0.5) is 13.2 Å². The Morgan fingerprint density at radius 1 is 1.30 bits per heavy atom. The SMILES string of the molecule is CSC1(CNC(C)C(=O)NCC(F)(F)F)CCCCC1. The fourth-order valence-electron chi connectivity index (χ4n) is 2.42. The Morgan fingerprint density at radius 2 is 1.90 bits per heavy atom. The molecule has 1 unspecified atom stereocenters. The molecule has 1 atom stereocenters. The Balaban J connectivity index is 2.37. The van der Waals surface area contributed by atoms with Gasteiger partial charge in [0.2, 0.25) is 5.91 Å². The number of hydrogen-bond donors (Lipinski definition) is 2. The molecule has 0 aliphatic heterocycles. The van der Waals surface area contributed by atoms with Crippen molar-refractivity contribution in [3.05, 3.63) is 0 Å². The van der Waals surface area contributed by atoms with Gasteiger partial charge in [0, 0.05) is 11.3 Å². The predicted molar refractivity (Wildman–Crippen MR) is 75.9 cm³/mol. The van der Waals surface area contributed by atoms with Gasteiger partial charge in [-0.15, -0.1) is 0 Å². The second-order valence-electron chi connectivity index (χ2n) is 5.38. The standard InChI is InChI=1S/C13H23F3N2OS/c1-10(11(19)18-9-13(14,15)16)17-8-12(20-2)6-4-3-5-7-12/h10,17H,3-9H2,1-2H3,(H,18,19). The van der Waals surface area contributed by atoms with Gasteiger partial charge in [0.1, 0.15) is 6.54 Å². The third-order valence-corrected chi connectivity index (χ3v) is 5.20. The Bertz CT molecular complexity index is 317. The van der Waals surface area contributed by atoms with Crippen molar-refractivity contribution in [2.24, 2.45) is 0 Å². The Hall–Kier alpha value is -0.430. The largest absolute Gasteiger partial charge is 0.405 e. The van der Waals surface area contributed by atoms with Crippen LogP contribution >= 0.6 is 11.8 Å². The zero-order valence-electron chi connectivity index (χ0n) is 12.0. The van der Waals surface area contributed by atoms with Gasteiger partial charge in [0.25, 0.3) is 0 Å². The lowest BCUT2D eigenvalue weighted by atomic mass is 9.88. The first-order valence-corrected chi connectivity index (χ1v) is 8.13. The molecule has 1 aliphatic rings. The summed E-state index contributed by atoms with van der Waals surface area (Å²) in [6.45, 7) is 0.989. The lowest BCUT2D eigenvalue weighted by Crippen LogP contribution is -2.49. The van der Waals surface area contributed by atoms with Gasteiger partial charge in [-0.05, 0) is 26.0 Å². The molecule has 0 radical (unpaired) electrons. The van der Waals surface area contributed by atoms with Crippen LogP contribution in [0.5, 0.6) is 0 Å². The van der Waals surface area contributed by atoms with Crippen LogP contribution in [0.15, 0.2) is 0 Å². The number of amides is 1. The molecule has 7 heteroatoms. The smallest absolute Gasteiger partial charge is 0.346 e. The average molecular weight is 312 g/mol. The number of carbonyl (C=O) groups is 1. The molecule has 1 rings (SSSR count). The van der Waals surface area contributed by atoms with Gasteiger partial charge in [-0.2, -0.15) is 24.9 Å². The zero-order valence-corrected chi connectivity index (χ0v) is 12.8. The lowest BCUT2D eigenvalue weighted by Gasteiger charge is -2.36. The minimum absolute atomic E-state index is 0.122. The van der Waals surface area contributed by atoms with Crippen LogP contribution in [-0.2, 0) is 4.79 Å². The van der Waals surface area contributed by atoms with E-state index < -0.39 is 24.7 Å². The topological polar surface area (TPSA) is 41.1 Å². The van der Waals surface area contributed by atoms with Crippen molar-refractivity contribution < 1.29 is 18.0 Å². The maximum Gasteiger partial charge on any atom is 0.405 e. The highest BCUT2D eigenvalue weighted by Crippen LogP contribution is 2.37. The van der Waals surface area contributed by atoms with E-state index in [0.717, 1.165) is 12.8 Å². The van der Waals surface area contributed by atoms with E-state index in [1.54, 1.807) is 18.7 Å². The number of hydrogen-bond acceptors (Lipinski definition) is 3. The summed E-state index contributed by atoms with van der Waals surface area (Å²) in [7, 11) is 0. The molecule has 3 nitrogen and oxygen atoms in total. The second kappa shape index (κ2) is 7.54. The second-order valence-corrected chi connectivity index (χ2v) is 6.66. The first kappa shape index (κ1) is 17.6. The lowest BCUT2D eigenvalue weighted by molar-refractivity contribution is -0.139. The van der Waals surface area contributed by atoms with Gasteiger partial charge in [-0.25, -0.2) is 0 Å². The normalized spacial score (nSPS) is 20.4. The summed E-state index contributed by atoms with van der Waals surface area (Å²) >= 11 is 1.79. The minimum Gasteiger partial charge on any atom is -0.346 e. The quantitative estimate of drug-likeness (QED) is 0.792. The zero-order chi connectivity index (χ0) is 15.2. The summed E-state index contributed by atoms with van der Waals surface area (Å²) in [6.07, 6.45) is 3.48. The fraction of sp³-hybridized carbons (Fsp3) is 0.923. The summed E-state index contributed by atoms with van der Waals surface area (Å²) in [5.41, 5.74) is 0. The van der Waals surface area contributed by atoms with Crippen LogP contribution < -0.4 is 10.6 Å². The van der Waals surface area contributed by atoms with E-state index in [2.05, 4.69) is 11.6 Å². The van der Waals surface area contributed by atoms with Crippen molar-refractivity contribution in [1.29, 1.82) is 0 Å². The highest BCUT2D eigenvalue weighted by Gasteiger charge is 2.32. The van der Waals surface area contributed by atoms with Gasteiger partial charge in [0.05, 0.1) is 6.04 Å². The molecule has 0 aromatic carbocycles. The number of rotatable bonds is 6. The molecule has 0 heterocycles. The molecule has 0 saturated heterocycles. The molecule has 1 fully saturated rings. The molecule has 0 spiro atoms. The van der Waals surface area contributed by atoms with E-state index >= 15 is 0 Å². The van der Waals surface area contributed by atoms with Gasteiger partial charge in [0.15, 0.2) is 0 Å². The molecule has 20 heavy (non-hydrogen) atoms. The van der Waals surface area contributed by atoms with Crippen LogP contribution in [0.3, 0.4) is 0 Å². The third kappa shape index (κ3) is 5.91. The molecule has 118 valence electrons. The summed E-state index contributed by atoms with van der Waals surface area (Å²) < 4.78 is 36.2. The van der Waals surface area contributed by atoms with Crippen molar-refractivity contribution >= 4 is 17.7 Å². The van der Waals surface area contributed by atoms with Gasteiger partial charge >= 0.3 is 6.18 Å². The fourth-order valence-corrected chi connectivity index (χ4v) is 3.35. The number of thioether (sulfide) groups is 1. The molecule has 1 saturated carbocycles. The molecule has 1 aliphatic carbocycles. The Kier molecular flexibility index (Phi) is 6.64. The number of alkyl halides is 3. The number of carbonyl (C=O) groups excluding carboxylic acids is 1. The highest BCUT2D eigenvalue weighted by molar-refractivity contribution is 8.00. The van der Waals surface area contributed by atoms with Crippen LogP contribution in [0, 0.1) is 0 Å². The van der Waals surface area contributed by atoms with Crippen LogP contribution in [0.25, 0.3) is 0 Å². The van der Waals surface area contributed by atoms with Crippen LogP contribution in [0.2, 0.25) is 0 Å². The third-order valence-electron chi connectivity index (χ3n) is 3.78. The summed E-state index contributed by atoms with van der Waals surface area (Å²) in [5.74, 6) is -0.602. The van der Waals surface area contributed by atoms with Crippen molar-refractivity contribution in [2.45, 2.75) is 56.0 Å². The monoisotopic (exact) mass is 312 g/mol. The summed E-state index contributed by atoms with van der Waals surface area (Å²) in [5, 5.41) is 4.99. The molecular formula is C13H23F3N2OS. The van der Waals surface area contributed by atoms with Crippen molar-refractivity contribution in [3.8, 4) is 0 Å². The van der Waals surface area contributed by atoms with Gasteiger partial charge < -0.3 is 10.6 Å². The number of halogens is 3. The maximum atomic E-state index is 12.0. The Labute approximate surface area is 122 Å². The highest BCUT2D eigenvalue weighted by atomic mass is 32.2. The van der Waals surface area contributed by atoms with E-state index in [1.165, 1.54) is 19.3 Å². The molecule has 1 amide bonds. The molecule has 2 N–H and O–H groups in total. The summed E-state index contributed by atoms with van der Waals surface area (Å²) in [4.78, 5) is 11.6. The van der Waals surface area contributed by atoms with E-state index in [9.17, 15) is 18.0 Å². The first-order valence-electron chi connectivity index (χ1n) is 6.91. The first-order chi connectivity index (χ1) is 9.28. The van der Waals surface area contributed by atoms with E-state index in [-0.39, 0.29) is 4.75 Å². The van der Waals surface area contributed by atoms with Crippen molar-refractivity contribution in [1.82, 2.24) is 10.6 Å². The number of nitrogens with one attached hydrogen (secondary N) is 2. The van der Waals surface area contributed by atoms with E-state index in [1.807, 2.05) is 5.32 Å². The van der Waals surface area contributed by atoms with Crippen molar-refractivity contribution in [3.63, 3.8) is 0 Å². The van der Waals surface area contributed by atoms with Crippen molar-refractivity contribution in [2.75, 3.05) is 19.3 Å². The molecule has 0 bridgehead atoms. The van der Waals surface area contributed by atoms with Crippen LogP contribution in [0.1, 0.15) is 39.0 Å². The van der Waals surface area contributed by atoms with Gasteiger partial charge in [-0.1, -0.05) is 19.3 Å². The average Bonchev–Trinajstić information content (AvgIpc) is 2.42. The van der Waals surface area contributed by atoms with Gasteiger partial charge in [-0.3, -0.25) is 4.79 Å². The molecule has 0 aromatic heterocycles. The summed E-state index contributed by atoms with van der Waals surface area (Å²) in [6, 6.07) is -0.608.